The van der Waals surface area contributed by atoms with Gasteiger partial charge in [0.05, 0.1) is 5.92 Å². The van der Waals surface area contributed by atoms with Crippen molar-refractivity contribution in [3.63, 3.8) is 0 Å². The summed E-state index contributed by atoms with van der Waals surface area (Å²) in [6, 6.07) is 7.76. The lowest BCUT2D eigenvalue weighted by Crippen LogP contribution is -2.50. The van der Waals surface area contributed by atoms with Crippen LogP contribution in [-0.2, 0) is 9.59 Å². The number of carbonyl (C=O) groups excluding carboxylic acids is 2. The molecule has 1 aliphatic heterocycles. The molecule has 1 atom stereocenters. The number of benzene rings is 1. The smallest absolute Gasteiger partial charge is 0.234 e. The molecule has 2 amide bonds. The van der Waals surface area contributed by atoms with Gasteiger partial charge in [-0.25, -0.2) is 0 Å². The van der Waals surface area contributed by atoms with Crippen molar-refractivity contribution in [3.8, 4) is 0 Å². The Morgan fingerprint density at radius 1 is 1.26 bits per heavy atom. The number of hydrogen-bond acceptors (Lipinski definition) is 2. The fourth-order valence-electron chi connectivity index (χ4n) is 3.04. The molecule has 1 N–H and O–H groups in total. The number of halogens is 1. The molecule has 1 heterocycles. The summed E-state index contributed by atoms with van der Waals surface area (Å²) in [5.41, 5.74) is 0.694. The fraction of sp³-hybridized carbons (Fsp3) is 0.467. The van der Waals surface area contributed by atoms with Crippen molar-refractivity contribution in [1.82, 2.24) is 5.32 Å². The van der Waals surface area contributed by atoms with Crippen molar-refractivity contribution in [1.29, 1.82) is 0 Å². The van der Waals surface area contributed by atoms with E-state index in [4.69, 9.17) is 0 Å². The molecule has 0 bridgehead atoms. The van der Waals surface area contributed by atoms with Gasteiger partial charge < -0.3 is 0 Å². The average molecular weight is 324 g/mol. The summed E-state index contributed by atoms with van der Waals surface area (Å²) in [6.07, 6.45) is 2.04. The van der Waals surface area contributed by atoms with E-state index in [9.17, 15) is 9.59 Å². The van der Waals surface area contributed by atoms with Gasteiger partial charge in [0.25, 0.3) is 0 Å². The van der Waals surface area contributed by atoms with E-state index in [1.165, 1.54) is 0 Å². The first kappa shape index (κ1) is 14.3. The number of nitrogens with one attached hydrogen (secondary N) is 1. The minimum absolute atomic E-state index is 0.156. The Morgan fingerprint density at radius 2 is 1.89 bits per heavy atom. The molecule has 0 aromatic heterocycles. The summed E-state index contributed by atoms with van der Waals surface area (Å²) in [6.45, 7) is 4.11. The van der Waals surface area contributed by atoms with Crippen LogP contribution < -0.4 is 5.32 Å². The minimum Gasteiger partial charge on any atom is -0.296 e. The average Bonchev–Trinajstić information content (AvgIpc) is 2.39. The van der Waals surface area contributed by atoms with Crippen molar-refractivity contribution in [3.05, 3.63) is 34.3 Å². The normalized spacial score (nSPS) is 22.2. The SMILES string of the molecule is CCC1(CC)CC(=O)NC(=O)C1c1ccccc1Br. The second-order valence-electron chi connectivity index (χ2n) is 5.11. The summed E-state index contributed by atoms with van der Waals surface area (Å²) in [5.74, 6) is -0.598. The predicted octanol–water partition coefficient (Wildman–Crippen LogP) is 3.39. The second-order valence-corrected chi connectivity index (χ2v) is 5.97. The molecule has 0 aliphatic carbocycles. The molecule has 2 rings (SSSR count). The quantitative estimate of drug-likeness (QED) is 0.867. The van der Waals surface area contributed by atoms with Gasteiger partial charge in [0.1, 0.15) is 0 Å². The van der Waals surface area contributed by atoms with Crippen LogP contribution in [0.1, 0.15) is 44.6 Å². The molecule has 1 unspecified atom stereocenters. The van der Waals surface area contributed by atoms with Gasteiger partial charge in [-0.05, 0) is 29.9 Å². The van der Waals surface area contributed by atoms with Crippen molar-refractivity contribution < 1.29 is 9.59 Å². The zero-order valence-corrected chi connectivity index (χ0v) is 12.8. The lowest BCUT2D eigenvalue weighted by molar-refractivity contribution is -0.140. The zero-order chi connectivity index (χ0) is 14.0. The first-order valence-corrected chi connectivity index (χ1v) is 7.41. The molecule has 1 aromatic rings. The third-order valence-electron chi connectivity index (χ3n) is 4.27. The van der Waals surface area contributed by atoms with E-state index in [2.05, 4.69) is 35.1 Å². The predicted molar refractivity (Wildman–Crippen MR) is 77.7 cm³/mol. The van der Waals surface area contributed by atoms with Gasteiger partial charge in [-0.1, -0.05) is 48.0 Å². The van der Waals surface area contributed by atoms with Gasteiger partial charge >= 0.3 is 0 Å². The molecule has 1 fully saturated rings. The van der Waals surface area contributed by atoms with Gasteiger partial charge in [0.2, 0.25) is 11.8 Å². The molecule has 19 heavy (non-hydrogen) atoms. The number of hydrogen-bond donors (Lipinski definition) is 1. The summed E-state index contributed by atoms with van der Waals surface area (Å²) in [5, 5.41) is 2.48. The number of carbonyl (C=O) groups is 2. The highest BCUT2D eigenvalue weighted by Gasteiger charge is 2.47. The standard InChI is InChI=1S/C15H18BrNO2/c1-3-15(4-2)9-12(18)17-14(19)13(15)10-7-5-6-8-11(10)16/h5-8,13H,3-4,9H2,1-2H3,(H,17,18,19). The first-order chi connectivity index (χ1) is 9.04. The Morgan fingerprint density at radius 3 is 2.47 bits per heavy atom. The van der Waals surface area contributed by atoms with Crippen LogP contribution in [0.2, 0.25) is 0 Å². The second kappa shape index (κ2) is 5.45. The van der Waals surface area contributed by atoms with Gasteiger partial charge in [-0.2, -0.15) is 0 Å². The van der Waals surface area contributed by atoms with Gasteiger partial charge in [0, 0.05) is 10.9 Å². The van der Waals surface area contributed by atoms with Crippen molar-refractivity contribution >= 4 is 27.7 Å². The summed E-state index contributed by atoms with van der Waals surface area (Å²) >= 11 is 3.52. The van der Waals surface area contributed by atoms with Gasteiger partial charge in [-0.15, -0.1) is 0 Å². The van der Waals surface area contributed by atoms with Gasteiger partial charge in [-0.3, -0.25) is 14.9 Å². The third-order valence-corrected chi connectivity index (χ3v) is 5.00. The van der Waals surface area contributed by atoms with Crippen LogP contribution in [0, 0.1) is 5.41 Å². The molecule has 0 radical (unpaired) electrons. The molecule has 102 valence electrons. The van der Waals surface area contributed by atoms with Crippen LogP contribution in [0.3, 0.4) is 0 Å². The highest BCUT2D eigenvalue weighted by atomic mass is 79.9. The van der Waals surface area contributed by atoms with Crippen LogP contribution in [-0.4, -0.2) is 11.8 Å². The van der Waals surface area contributed by atoms with Crippen LogP contribution in [0.4, 0.5) is 0 Å². The Hall–Kier alpha value is -1.16. The summed E-state index contributed by atoms with van der Waals surface area (Å²) in [7, 11) is 0. The highest BCUT2D eigenvalue weighted by molar-refractivity contribution is 9.10. The van der Waals surface area contributed by atoms with E-state index < -0.39 is 0 Å². The molecule has 0 spiro atoms. The first-order valence-electron chi connectivity index (χ1n) is 6.62. The van der Waals surface area contributed by atoms with E-state index in [1.54, 1.807) is 0 Å². The van der Waals surface area contributed by atoms with Crippen molar-refractivity contribution in [2.24, 2.45) is 5.41 Å². The fourth-order valence-corrected chi connectivity index (χ4v) is 3.56. The Kier molecular flexibility index (Phi) is 4.09. The maximum atomic E-state index is 12.3. The Bertz CT molecular complexity index is 509. The van der Waals surface area contributed by atoms with Crippen LogP contribution >= 0.6 is 15.9 Å². The largest absolute Gasteiger partial charge is 0.296 e. The monoisotopic (exact) mass is 323 g/mol. The zero-order valence-electron chi connectivity index (χ0n) is 11.2. The van der Waals surface area contributed by atoms with Crippen LogP contribution in [0.25, 0.3) is 0 Å². The number of amides is 2. The van der Waals surface area contributed by atoms with Gasteiger partial charge in [0.15, 0.2) is 0 Å². The number of piperidine rings is 1. The Labute approximate surface area is 121 Å². The van der Waals surface area contributed by atoms with Crippen molar-refractivity contribution in [2.75, 3.05) is 0 Å². The molecule has 1 aliphatic rings. The molecule has 1 saturated heterocycles. The van der Waals surface area contributed by atoms with E-state index in [0.717, 1.165) is 22.9 Å². The van der Waals surface area contributed by atoms with Crippen LogP contribution in [0.5, 0.6) is 0 Å². The number of imide groups is 1. The molecule has 1 aromatic carbocycles. The molecule has 3 nitrogen and oxygen atoms in total. The minimum atomic E-state index is -0.275. The lowest BCUT2D eigenvalue weighted by Gasteiger charge is -2.42. The summed E-state index contributed by atoms with van der Waals surface area (Å²) < 4.78 is 0.927. The maximum Gasteiger partial charge on any atom is 0.234 e. The molecular weight excluding hydrogens is 306 g/mol. The molecule has 0 saturated carbocycles. The Balaban J connectivity index is 2.53. The van der Waals surface area contributed by atoms with E-state index in [0.29, 0.717) is 6.42 Å². The van der Waals surface area contributed by atoms with E-state index in [-0.39, 0.29) is 23.1 Å². The maximum absolute atomic E-state index is 12.3. The van der Waals surface area contributed by atoms with Crippen molar-refractivity contribution in [2.45, 2.75) is 39.0 Å². The highest BCUT2D eigenvalue weighted by Crippen LogP contribution is 2.48. The van der Waals surface area contributed by atoms with E-state index >= 15 is 0 Å². The summed E-state index contributed by atoms with van der Waals surface area (Å²) in [4.78, 5) is 24.1. The van der Waals surface area contributed by atoms with Crippen LogP contribution in [0.15, 0.2) is 28.7 Å². The van der Waals surface area contributed by atoms with E-state index in [1.807, 2.05) is 24.3 Å². The number of rotatable bonds is 3. The topological polar surface area (TPSA) is 46.2 Å². The third kappa shape index (κ3) is 2.46. The molecule has 4 heteroatoms. The molecular formula is C15H18BrNO2. The lowest BCUT2D eigenvalue weighted by atomic mass is 9.64.